The second-order valence-electron chi connectivity index (χ2n) is 7.00. The summed E-state index contributed by atoms with van der Waals surface area (Å²) in [5.74, 6) is -0.116. The minimum Gasteiger partial charge on any atom is -0.326 e. The molecule has 3 rings (SSSR count). The van der Waals surface area contributed by atoms with Gasteiger partial charge in [-0.1, -0.05) is 48.0 Å². The number of aryl methyl sites for hydroxylation is 2. The Morgan fingerprint density at radius 3 is 2.21 bits per heavy atom. The molecule has 0 aromatic heterocycles. The number of benzene rings is 3. The molecule has 0 bridgehead atoms. The molecule has 3 aromatic carbocycles. The van der Waals surface area contributed by atoms with Crippen LogP contribution in [0, 0.1) is 13.8 Å². The van der Waals surface area contributed by atoms with Gasteiger partial charge in [0.15, 0.2) is 0 Å². The summed E-state index contributed by atoms with van der Waals surface area (Å²) in [7, 11) is -2.10. The van der Waals surface area contributed by atoms with Gasteiger partial charge in [-0.25, -0.2) is 8.42 Å². The molecule has 0 fully saturated rings. The maximum atomic E-state index is 12.7. The minimum atomic E-state index is -3.62. The third kappa shape index (κ3) is 4.84. The van der Waals surface area contributed by atoms with Crippen molar-refractivity contribution in [2.45, 2.75) is 25.2 Å². The summed E-state index contributed by atoms with van der Waals surface area (Å²) in [5, 5.41) is 2.92. The van der Waals surface area contributed by atoms with Crippen LogP contribution in [0.3, 0.4) is 0 Å². The molecule has 0 spiro atoms. The molecule has 0 saturated carbocycles. The Hall–Kier alpha value is -3.12. The van der Waals surface area contributed by atoms with Gasteiger partial charge in [0.1, 0.15) is 0 Å². The van der Waals surface area contributed by atoms with E-state index in [0.717, 1.165) is 22.4 Å². The summed E-state index contributed by atoms with van der Waals surface area (Å²) >= 11 is 0. The lowest BCUT2D eigenvalue weighted by atomic mass is 10.1. The normalized spacial score (nSPS) is 11.1. The molecule has 1 N–H and O–H groups in total. The second-order valence-corrected chi connectivity index (χ2v) is 8.96. The highest BCUT2D eigenvalue weighted by molar-refractivity contribution is 7.92. The average molecular weight is 409 g/mol. The summed E-state index contributed by atoms with van der Waals surface area (Å²) in [6, 6.07) is 21.1. The van der Waals surface area contributed by atoms with Crippen molar-refractivity contribution in [3.63, 3.8) is 0 Å². The van der Waals surface area contributed by atoms with Crippen LogP contribution in [0.4, 0.5) is 11.4 Å². The predicted octanol–water partition coefficient (Wildman–Crippen LogP) is 4.31. The summed E-state index contributed by atoms with van der Waals surface area (Å²) in [5.41, 5.74) is 4.30. The Labute approximate surface area is 172 Å². The van der Waals surface area contributed by atoms with Gasteiger partial charge in [0.05, 0.1) is 17.0 Å². The molecule has 5 nitrogen and oxygen atoms in total. The first-order valence-electron chi connectivity index (χ1n) is 9.27. The molecule has 0 aliphatic heterocycles. The van der Waals surface area contributed by atoms with E-state index in [-0.39, 0.29) is 17.2 Å². The summed E-state index contributed by atoms with van der Waals surface area (Å²) in [6.45, 7) is 3.97. The maximum Gasteiger partial charge on any atom is 0.264 e. The smallest absolute Gasteiger partial charge is 0.264 e. The molecule has 0 unspecified atom stereocenters. The third-order valence-corrected chi connectivity index (χ3v) is 6.52. The first-order valence-corrected chi connectivity index (χ1v) is 10.7. The van der Waals surface area contributed by atoms with Crippen LogP contribution < -0.4 is 9.62 Å². The summed E-state index contributed by atoms with van der Waals surface area (Å²) < 4.78 is 26.7. The predicted molar refractivity (Wildman–Crippen MR) is 117 cm³/mol. The lowest BCUT2D eigenvalue weighted by Gasteiger charge is -2.19. The zero-order valence-corrected chi connectivity index (χ0v) is 17.5. The summed E-state index contributed by atoms with van der Waals surface area (Å²) in [6.07, 6.45) is 0.211. The lowest BCUT2D eigenvalue weighted by Crippen LogP contribution is -2.26. The van der Waals surface area contributed by atoms with E-state index < -0.39 is 10.0 Å². The first-order chi connectivity index (χ1) is 13.8. The largest absolute Gasteiger partial charge is 0.326 e. The summed E-state index contributed by atoms with van der Waals surface area (Å²) in [4.78, 5) is 12.6. The fourth-order valence-electron chi connectivity index (χ4n) is 3.05. The molecule has 0 atom stereocenters. The van der Waals surface area contributed by atoms with Crippen molar-refractivity contribution in [1.29, 1.82) is 0 Å². The van der Waals surface area contributed by atoms with E-state index in [1.807, 2.05) is 32.0 Å². The number of rotatable bonds is 6. The lowest BCUT2D eigenvalue weighted by molar-refractivity contribution is -0.115. The van der Waals surface area contributed by atoms with Crippen molar-refractivity contribution >= 4 is 27.3 Å². The van der Waals surface area contributed by atoms with Gasteiger partial charge < -0.3 is 5.32 Å². The fraction of sp³-hybridized carbons (Fsp3) is 0.174. The number of hydrogen-bond donors (Lipinski definition) is 1. The Morgan fingerprint density at radius 2 is 1.59 bits per heavy atom. The highest BCUT2D eigenvalue weighted by Crippen LogP contribution is 2.22. The highest BCUT2D eigenvalue weighted by Gasteiger charge is 2.20. The topological polar surface area (TPSA) is 66.5 Å². The van der Waals surface area contributed by atoms with Crippen LogP contribution in [0.25, 0.3) is 0 Å². The Morgan fingerprint density at radius 1 is 0.931 bits per heavy atom. The van der Waals surface area contributed by atoms with Crippen molar-refractivity contribution in [1.82, 2.24) is 0 Å². The Bertz CT molecular complexity index is 1110. The number of carbonyl (C=O) groups is 1. The van der Waals surface area contributed by atoms with E-state index >= 15 is 0 Å². The monoisotopic (exact) mass is 408 g/mol. The van der Waals surface area contributed by atoms with Gasteiger partial charge >= 0.3 is 0 Å². The van der Waals surface area contributed by atoms with E-state index in [1.165, 1.54) is 11.4 Å². The number of anilines is 2. The van der Waals surface area contributed by atoms with Gasteiger partial charge in [0, 0.05) is 12.7 Å². The maximum absolute atomic E-state index is 12.7. The minimum absolute atomic E-state index is 0.116. The van der Waals surface area contributed by atoms with Gasteiger partial charge in [-0.05, 0) is 55.3 Å². The van der Waals surface area contributed by atoms with E-state index in [9.17, 15) is 13.2 Å². The average Bonchev–Trinajstić information content (AvgIpc) is 2.71. The van der Waals surface area contributed by atoms with Crippen LogP contribution in [0.15, 0.2) is 77.7 Å². The zero-order chi connectivity index (χ0) is 21.0. The van der Waals surface area contributed by atoms with Gasteiger partial charge in [-0.15, -0.1) is 0 Å². The van der Waals surface area contributed by atoms with Crippen LogP contribution in [-0.2, 0) is 21.2 Å². The van der Waals surface area contributed by atoms with Crippen molar-refractivity contribution in [3.8, 4) is 0 Å². The van der Waals surface area contributed by atoms with Gasteiger partial charge in [-0.3, -0.25) is 9.10 Å². The van der Waals surface area contributed by atoms with Crippen LogP contribution in [0.1, 0.15) is 16.7 Å². The standard InChI is InChI=1S/C23H24N2O3S/c1-17-9-14-22(18(2)15-17)24-23(26)16-19-10-12-20(13-11-19)25(3)29(27,28)21-7-5-4-6-8-21/h4-15H,16H2,1-3H3,(H,24,26). The molecule has 1 amide bonds. The first kappa shape index (κ1) is 20.6. The van der Waals surface area contributed by atoms with E-state index in [2.05, 4.69) is 5.32 Å². The van der Waals surface area contributed by atoms with E-state index in [0.29, 0.717) is 5.69 Å². The molecule has 29 heavy (non-hydrogen) atoms. The SMILES string of the molecule is Cc1ccc(NC(=O)Cc2ccc(N(C)S(=O)(=O)c3ccccc3)cc2)c(C)c1. The van der Waals surface area contributed by atoms with Gasteiger partial charge in [-0.2, -0.15) is 0 Å². The number of nitrogens with zero attached hydrogens (tertiary/aromatic N) is 1. The molecule has 0 aliphatic rings. The molecular weight excluding hydrogens is 384 g/mol. The van der Waals surface area contributed by atoms with E-state index in [4.69, 9.17) is 0 Å². The van der Waals surface area contributed by atoms with Crippen LogP contribution in [0.5, 0.6) is 0 Å². The molecule has 150 valence electrons. The Kier molecular flexibility index (Phi) is 6.03. The van der Waals surface area contributed by atoms with Crippen molar-refractivity contribution in [2.75, 3.05) is 16.7 Å². The molecule has 3 aromatic rings. The van der Waals surface area contributed by atoms with Crippen molar-refractivity contribution in [2.24, 2.45) is 0 Å². The van der Waals surface area contributed by atoms with Gasteiger partial charge in [0.2, 0.25) is 5.91 Å². The number of amides is 1. The van der Waals surface area contributed by atoms with Gasteiger partial charge in [0.25, 0.3) is 10.0 Å². The van der Waals surface area contributed by atoms with Crippen molar-refractivity contribution in [3.05, 3.63) is 89.5 Å². The zero-order valence-electron chi connectivity index (χ0n) is 16.7. The van der Waals surface area contributed by atoms with Crippen LogP contribution in [-0.4, -0.2) is 21.4 Å². The second kappa shape index (κ2) is 8.49. The highest BCUT2D eigenvalue weighted by atomic mass is 32.2. The molecule has 0 aliphatic carbocycles. The molecule has 6 heteroatoms. The number of hydrogen-bond acceptors (Lipinski definition) is 3. The quantitative estimate of drug-likeness (QED) is 0.661. The number of nitrogens with one attached hydrogen (secondary N) is 1. The molecular formula is C23H24N2O3S. The number of sulfonamides is 1. The third-order valence-electron chi connectivity index (χ3n) is 4.72. The molecule has 0 radical (unpaired) electrons. The fourth-order valence-corrected chi connectivity index (χ4v) is 4.26. The molecule has 0 saturated heterocycles. The van der Waals surface area contributed by atoms with Crippen LogP contribution in [0.2, 0.25) is 0 Å². The van der Waals surface area contributed by atoms with Crippen LogP contribution >= 0.6 is 0 Å². The number of carbonyl (C=O) groups excluding carboxylic acids is 1. The van der Waals surface area contributed by atoms with Crippen molar-refractivity contribution < 1.29 is 13.2 Å². The van der Waals surface area contributed by atoms with E-state index in [1.54, 1.807) is 54.6 Å². The molecule has 0 heterocycles. The Balaban J connectivity index is 1.69.